The Hall–Kier alpha value is -0.940. The Labute approximate surface area is 102 Å². The fourth-order valence-corrected chi connectivity index (χ4v) is 2.06. The largest absolute Gasteiger partial charge is 0.385 e. The van der Waals surface area contributed by atoms with Crippen molar-refractivity contribution in [2.75, 3.05) is 20.3 Å². The molecule has 1 aromatic rings. The lowest BCUT2D eigenvalue weighted by Gasteiger charge is -2.07. The van der Waals surface area contributed by atoms with E-state index in [4.69, 9.17) is 10.5 Å². The smallest absolute Gasteiger partial charge is 0.0871 e. The van der Waals surface area contributed by atoms with Crippen LogP contribution in [-0.2, 0) is 24.1 Å². The van der Waals surface area contributed by atoms with Crippen molar-refractivity contribution in [2.45, 2.75) is 38.6 Å². The highest BCUT2D eigenvalue weighted by atomic mass is 16.5. The quantitative estimate of drug-likeness (QED) is 0.679. The monoisotopic (exact) mass is 238 g/mol. The Morgan fingerprint density at radius 2 is 2.29 bits per heavy atom. The van der Waals surface area contributed by atoms with Crippen LogP contribution in [0, 0.1) is 5.92 Å². The third-order valence-corrected chi connectivity index (χ3v) is 3.20. The normalized spacial score (nSPS) is 15.4. The Morgan fingerprint density at radius 1 is 1.47 bits per heavy atom. The minimum Gasteiger partial charge on any atom is -0.385 e. The highest BCUT2D eigenvalue weighted by Crippen LogP contribution is 2.33. The van der Waals surface area contributed by atoms with Crippen molar-refractivity contribution in [1.82, 2.24) is 15.0 Å². The van der Waals surface area contributed by atoms with Gasteiger partial charge in [-0.05, 0) is 38.1 Å². The van der Waals surface area contributed by atoms with Crippen LogP contribution in [0.2, 0.25) is 0 Å². The molecule has 0 spiro atoms. The first-order valence-electron chi connectivity index (χ1n) is 6.45. The van der Waals surface area contributed by atoms with E-state index >= 15 is 0 Å². The molecule has 1 fully saturated rings. The number of nitrogens with two attached hydrogens (primary N) is 1. The number of ether oxygens (including phenoxy) is 1. The summed E-state index contributed by atoms with van der Waals surface area (Å²) in [6.45, 7) is 2.32. The molecule has 1 heterocycles. The molecule has 2 rings (SSSR count). The Kier molecular flexibility index (Phi) is 4.50. The maximum absolute atomic E-state index is 5.61. The summed E-state index contributed by atoms with van der Waals surface area (Å²) in [6.07, 6.45) is 5.65. The van der Waals surface area contributed by atoms with Gasteiger partial charge in [-0.25, -0.2) is 4.68 Å². The molecule has 1 aliphatic carbocycles. The number of nitrogens with zero attached hydrogens (tertiary/aromatic N) is 3. The van der Waals surface area contributed by atoms with E-state index in [1.54, 1.807) is 7.11 Å². The van der Waals surface area contributed by atoms with E-state index in [9.17, 15) is 0 Å². The summed E-state index contributed by atoms with van der Waals surface area (Å²) in [5.74, 6) is 0.853. The second kappa shape index (κ2) is 6.12. The molecule has 1 aromatic heterocycles. The van der Waals surface area contributed by atoms with Crippen LogP contribution in [0.1, 0.15) is 30.7 Å². The SMILES string of the molecule is COCCCn1nnc(CCN)c1CC1CC1. The predicted molar refractivity (Wildman–Crippen MR) is 65.7 cm³/mol. The molecule has 5 heteroatoms. The highest BCUT2D eigenvalue weighted by Gasteiger charge is 2.25. The second-order valence-electron chi connectivity index (χ2n) is 4.74. The van der Waals surface area contributed by atoms with Gasteiger partial charge in [-0.2, -0.15) is 0 Å². The second-order valence-corrected chi connectivity index (χ2v) is 4.74. The van der Waals surface area contributed by atoms with Gasteiger partial charge in [-0.3, -0.25) is 0 Å². The lowest BCUT2D eigenvalue weighted by atomic mass is 10.1. The zero-order valence-electron chi connectivity index (χ0n) is 10.6. The topological polar surface area (TPSA) is 66.0 Å². The van der Waals surface area contributed by atoms with Gasteiger partial charge in [0.25, 0.3) is 0 Å². The number of hydrogen-bond acceptors (Lipinski definition) is 4. The molecule has 0 bridgehead atoms. The summed E-state index contributed by atoms with van der Waals surface area (Å²) >= 11 is 0. The molecule has 0 radical (unpaired) electrons. The van der Waals surface area contributed by atoms with Crippen molar-refractivity contribution in [2.24, 2.45) is 11.7 Å². The summed E-state index contributed by atoms with van der Waals surface area (Å²) in [5.41, 5.74) is 8.00. The van der Waals surface area contributed by atoms with Gasteiger partial charge in [-0.15, -0.1) is 5.10 Å². The van der Waals surface area contributed by atoms with Gasteiger partial charge >= 0.3 is 0 Å². The molecule has 0 aliphatic heterocycles. The zero-order valence-corrected chi connectivity index (χ0v) is 10.6. The molecular weight excluding hydrogens is 216 g/mol. The van der Waals surface area contributed by atoms with Gasteiger partial charge < -0.3 is 10.5 Å². The van der Waals surface area contributed by atoms with Gasteiger partial charge in [0.1, 0.15) is 0 Å². The first kappa shape index (κ1) is 12.5. The van der Waals surface area contributed by atoms with Gasteiger partial charge in [-0.1, -0.05) is 5.21 Å². The summed E-state index contributed by atoms with van der Waals surface area (Å²) in [4.78, 5) is 0. The average Bonchev–Trinajstić information content (AvgIpc) is 3.06. The van der Waals surface area contributed by atoms with Crippen LogP contribution in [-0.4, -0.2) is 35.3 Å². The molecule has 2 N–H and O–H groups in total. The van der Waals surface area contributed by atoms with Gasteiger partial charge in [0.2, 0.25) is 0 Å². The molecule has 1 aliphatic rings. The number of aromatic nitrogens is 3. The molecule has 0 saturated heterocycles. The van der Waals surface area contributed by atoms with E-state index in [0.717, 1.165) is 44.0 Å². The van der Waals surface area contributed by atoms with E-state index < -0.39 is 0 Å². The Bertz CT molecular complexity index is 346. The van der Waals surface area contributed by atoms with Crippen molar-refractivity contribution in [3.8, 4) is 0 Å². The van der Waals surface area contributed by atoms with Crippen LogP contribution >= 0.6 is 0 Å². The summed E-state index contributed by atoms with van der Waals surface area (Å²) in [6, 6.07) is 0. The van der Waals surface area contributed by atoms with Crippen molar-refractivity contribution in [3.05, 3.63) is 11.4 Å². The summed E-state index contributed by atoms with van der Waals surface area (Å²) in [5, 5.41) is 8.50. The third-order valence-electron chi connectivity index (χ3n) is 3.20. The fourth-order valence-electron chi connectivity index (χ4n) is 2.06. The maximum atomic E-state index is 5.61. The minimum absolute atomic E-state index is 0.647. The van der Waals surface area contributed by atoms with Crippen LogP contribution in [0.4, 0.5) is 0 Å². The van der Waals surface area contributed by atoms with Crippen molar-refractivity contribution in [3.63, 3.8) is 0 Å². The minimum atomic E-state index is 0.647. The van der Waals surface area contributed by atoms with E-state index in [1.807, 2.05) is 4.68 Å². The van der Waals surface area contributed by atoms with Crippen molar-refractivity contribution < 1.29 is 4.74 Å². The predicted octanol–water partition coefficient (Wildman–Crippen LogP) is 0.768. The van der Waals surface area contributed by atoms with E-state index in [-0.39, 0.29) is 0 Å². The zero-order chi connectivity index (χ0) is 12.1. The van der Waals surface area contributed by atoms with Crippen LogP contribution in [0.5, 0.6) is 0 Å². The van der Waals surface area contributed by atoms with Crippen molar-refractivity contribution >= 4 is 0 Å². The standard InChI is InChI=1S/C12H22N4O/c1-17-8-2-7-16-12(9-10-3-4-10)11(5-6-13)14-15-16/h10H,2-9,13H2,1H3. The molecular formula is C12H22N4O. The van der Waals surface area contributed by atoms with E-state index in [0.29, 0.717) is 6.54 Å². The summed E-state index contributed by atoms with van der Waals surface area (Å²) < 4.78 is 7.11. The van der Waals surface area contributed by atoms with Crippen LogP contribution in [0.15, 0.2) is 0 Å². The molecule has 0 amide bonds. The number of hydrogen-bond donors (Lipinski definition) is 1. The summed E-state index contributed by atoms with van der Waals surface area (Å²) in [7, 11) is 1.73. The van der Waals surface area contributed by atoms with Crippen LogP contribution in [0.3, 0.4) is 0 Å². The van der Waals surface area contributed by atoms with E-state index in [2.05, 4.69) is 10.3 Å². The van der Waals surface area contributed by atoms with Gasteiger partial charge in [0.05, 0.1) is 11.4 Å². The van der Waals surface area contributed by atoms with Crippen molar-refractivity contribution in [1.29, 1.82) is 0 Å². The number of aryl methyl sites for hydroxylation is 1. The van der Waals surface area contributed by atoms with E-state index in [1.165, 1.54) is 18.5 Å². The molecule has 0 atom stereocenters. The maximum Gasteiger partial charge on any atom is 0.0871 e. The molecule has 17 heavy (non-hydrogen) atoms. The Balaban J connectivity index is 2.01. The molecule has 0 unspecified atom stereocenters. The lowest BCUT2D eigenvalue weighted by Crippen LogP contribution is -2.10. The average molecular weight is 238 g/mol. The first-order valence-corrected chi connectivity index (χ1v) is 6.45. The Morgan fingerprint density at radius 3 is 2.94 bits per heavy atom. The van der Waals surface area contributed by atoms with Gasteiger partial charge in [0.15, 0.2) is 0 Å². The lowest BCUT2D eigenvalue weighted by molar-refractivity contribution is 0.188. The fraction of sp³-hybridized carbons (Fsp3) is 0.833. The molecule has 0 aromatic carbocycles. The highest BCUT2D eigenvalue weighted by molar-refractivity contribution is 5.13. The molecule has 96 valence electrons. The third kappa shape index (κ3) is 3.51. The van der Waals surface area contributed by atoms with Gasteiger partial charge in [0, 0.05) is 26.7 Å². The van der Waals surface area contributed by atoms with Crippen LogP contribution in [0.25, 0.3) is 0 Å². The van der Waals surface area contributed by atoms with Crippen LogP contribution < -0.4 is 5.73 Å². The number of methoxy groups -OCH3 is 1. The number of rotatable bonds is 8. The molecule has 1 saturated carbocycles. The molecule has 5 nitrogen and oxygen atoms in total. The first-order chi connectivity index (χ1) is 8.35.